The molecule has 6 rings (SSSR count). The summed E-state index contributed by atoms with van der Waals surface area (Å²) in [6, 6.07) is 18.5. The van der Waals surface area contributed by atoms with Crippen LogP contribution in [0.15, 0.2) is 67.0 Å². The largest absolute Gasteiger partial charge is 0.353 e. The van der Waals surface area contributed by atoms with Gasteiger partial charge in [0.05, 0.1) is 6.54 Å². The van der Waals surface area contributed by atoms with Crippen LogP contribution in [0, 0.1) is 12.7 Å². The second-order valence-electron chi connectivity index (χ2n) is 8.77. The monoisotopic (exact) mass is 469 g/mol. The van der Waals surface area contributed by atoms with Crippen LogP contribution < -0.4 is 4.90 Å². The SMILES string of the molecule is Cc1cc(N2CCN(C(=O)c3cc4ccccc4n3Cc3ccccc3F)CC2)n2ncnc2n1. The highest BCUT2D eigenvalue weighted by Gasteiger charge is 2.27. The second-order valence-corrected chi connectivity index (χ2v) is 8.77. The number of anilines is 1. The maximum absolute atomic E-state index is 14.5. The van der Waals surface area contributed by atoms with Gasteiger partial charge in [0.1, 0.15) is 23.7 Å². The molecule has 1 aliphatic heterocycles. The molecule has 3 aromatic heterocycles. The molecule has 1 saturated heterocycles. The highest BCUT2D eigenvalue weighted by atomic mass is 19.1. The van der Waals surface area contributed by atoms with Gasteiger partial charge in [0.2, 0.25) is 0 Å². The lowest BCUT2D eigenvalue weighted by Gasteiger charge is -2.36. The molecule has 0 atom stereocenters. The Morgan fingerprint density at radius 2 is 1.77 bits per heavy atom. The molecule has 5 aromatic rings. The van der Waals surface area contributed by atoms with Crippen LogP contribution in [0.5, 0.6) is 0 Å². The first-order valence-electron chi connectivity index (χ1n) is 11.6. The molecule has 0 radical (unpaired) electrons. The number of carbonyl (C=O) groups excluding carboxylic acids is 1. The van der Waals surface area contributed by atoms with E-state index in [1.54, 1.807) is 16.6 Å². The number of para-hydroxylation sites is 1. The minimum atomic E-state index is -0.274. The Bertz CT molecular complexity index is 1550. The predicted molar refractivity (Wildman–Crippen MR) is 131 cm³/mol. The molecule has 0 N–H and O–H groups in total. The van der Waals surface area contributed by atoms with E-state index in [1.165, 1.54) is 12.4 Å². The van der Waals surface area contributed by atoms with Crippen LogP contribution in [0.2, 0.25) is 0 Å². The summed E-state index contributed by atoms with van der Waals surface area (Å²) in [5, 5.41) is 5.27. The molecule has 1 aliphatic rings. The van der Waals surface area contributed by atoms with Crippen molar-refractivity contribution in [1.82, 2.24) is 29.0 Å². The molecule has 176 valence electrons. The van der Waals surface area contributed by atoms with Crippen molar-refractivity contribution in [2.75, 3.05) is 31.1 Å². The number of rotatable bonds is 4. The molecular formula is C26H24FN7O. The molecule has 0 saturated carbocycles. The van der Waals surface area contributed by atoms with Crippen molar-refractivity contribution >= 4 is 28.4 Å². The molecule has 1 fully saturated rings. The van der Waals surface area contributed by atoms with Crippen molar-refractivity contribution in [1.29, 1.82) is 0 Å². The minimum Gasteiger partial charge on any atom is -0.353 e. The molecule has 0 spiro atoms. The number of piperazine rings is 1. The van der Waals surface area contributed by atoms with Crippen molar-refractivity contribution in [3.8, 4) is 0 Å². The van der Waals surface area contributed by atoms with Crippen LogP contribution >= 0.6 is 0 Å². The van der Waals surface area contributed by atoms with Gasteiger partial charge in [-0.1, -0.05) is 36.4 Å². The van der Waals surface area contributed by atoms with E-state index in [9.17, 15) is 9.18 Å². The zero-order chi connectivity index (χ0) is 23.9. The van der Waals surface area contributed by atoms with E-state index >= 15 is 0 Å². The summed E-state index contributed by atoms with van der Waals surface area (Å²) in [4.78, 5) is 26.4. The first-order chi connectivity index (χ1) is 17.1. The lowest BCUT2D eigenvalue weighted by Crippen LogP contribution is -2.49. The maximum Gasteiger partial charge on any atom is 0.270 e. The molecule has 0 unspecified atom stereocenters. The number of nitrogens with zero attached hydrogens (tertiary/aromatic N) is 7. The third-order valence-corrected chi connectivity index (χ3v) is 6.57. The minimum absolute atomic E-state index is 0.0472. The number of benzene rings is 2. The topological polar surface area (TPSA) is 71.6 Å². The van der Waals surface area contributed by atoms with Gasteiger partial charge in [0.25, 0.3) is 11.7 Å². The van der Waals surface area contributed by atoms with E-state index in [-0.39, 0.29) is 11.7 Å². The molecule has 0 bridgehead atoms. The molecule has 8 nitrogen and oxygen atoms in total. The summed E-state index contributed by atoms with van der Waals surface area (Å²) in [7, 11) is 0. The summed E-state index contributed by atoms with van der Waals surface area (Å²) in [6.07, 6.45) is 1.50. The number of aryl methyl sites for hydroxylation is 1. The van der Waals surface area contributed by atoms with Gasteiger partial charge < -0.3 is 14.4 Å². The number of hydrogen-bond acceptors (Lipinski definition) is 5. The number of halogens is 1. The van der Waals surface area contributed by atoms with Crippen LogP contribution in [0.1, 0.15) is 21.7 Å². The van der Waals surface area contributed by atoms with Gasteiger partial charge >= 0.3 is 0 Å². The first kappa shape index (κ1) is 21.3. The first-order valence-corrected chi connectivity index (χ1v) is 11.6. The van der Waals surface area contributed by atoms with E-state index in [1.807, 2.05) is 58.9 Å². The molecule has 2 aromatic carbocycles. The Kier molecular flexibility index (Phi) is 5.17. The van der Waals surface area contributed by atoms with Gasteiger partial charge in [-0.15, -0.1) is 0 Å². The fourth-order valence-electron chi connectivity index (χ4n) is 4.79. The van der Waals surface area contributed by atoms with Crippen molar-refractivity contribution in [3.63, 3.8) is 0 Å². The third kappa shape index (κ3) is 3.78. The summed E-state index contributed by atoms with van der Waals surface area (Å²) < 4.78 is 18.1. The fraction of sp³-hybridized carbons (Fsp3) is 0.231. The molecule has 35 heavy (non-hydrogen) atoms. The van der Waals surface area contributed by atoms with Crippen LogP contribution in [0.4, 0.5) is 10.2 Å². The fourth-order valence-corrected chi connectivity index (χ4v) is 4.79. The second kappa shape index (κ2) is 8.50. The van der Waals surface area contributed by atoms with E-state index in [0.717, 1.165) is 22.4 Å². The quantitative estimate of drug-likeness (QED) is 0.403. The lowest BCUT2D eigenvalue weighted by molar-refractivity contribution is 0.0736. The maximum atomic E-state index is 14.5. The Labute approximate surface area is 201 Å². The van der Waals surface area contributed by atoms with Crippen LogP contribution in [-0.2, 0) is 6.54 Å². The smallest absolute Gasteiger partial charge is 0.270 e. The molecule has 9 heteroatoms. The molecule has 1 amide bonds. The average Bonchev–Trinajstić information content (AvgIpc) is 3.49. The number of aromatic nitrogens is 5. The Morgan fingerprint density at radius 3 is 2.60 bits per heavy atom. The van der Waals surface area contributed by atoms with Gasteiger partial charge in [0.15, 0.2) is 0 Å². The average molecular weight is 470 g/mol. The lowest BCUT2D eigenvalue weighted by atomic mass is 10.2. The number of fused-ring (bicyclic) bond motifs is 2. The Morgan fingerprint density at radius 1 is 1.00 bits per heavy atom. The molecular weight excluding hydrogens is 445 g/mol. The van der Waals surface area contributed by atoms with Gasteiger partial charge in [-0.05, 0) is 25.1 Å². The standard InChI is InChI=1S/C26H24FN7O/c1-18-14-24(34-26(30-18)28-17-29-34)31-10-12-32(13-11-31)25(35)23-15-19-6-3-5-9-22(19)33(23)16-20-7-2-4-8-21(20)27/h2-9,14-15,17H,10-13,16H2,1H3. The van der Waals surface area contributed by atoms with E-state index < -0.39 is 0 Å². The molecule has 4 heterocycles. The van der Waals surface area contributed by atoms with E-state index in [4.69, 9.17) is 0 Å². The zero-order valence-electron chi connectivity index (χ0n) is 19.3. The van der Waals surface area contributed by atoms with Gasteiger partial charge in [-0.3, -0.25) is 4.79 Å². The number of carbonyl (C=O) groups is 1. The summed E-state index contributed by atoms with van der Waals surface area (Å²) in [5.74, 6) is 1.17. The predicted octanol–water partition coefficient (Wildman–Crippen LogP) is 3.54. The highest BCUT2D eigenvalue weighted by molar-refractivity contribution is 5.99. The van der Waals surface area contributed by atoms with E-state index in [2.05, 4.69) is 20.0 Å². The normalized spacial score (nSPS) is 14.2. The Hall–Kier alpha value is -4.27. The summed E-state index contributed by atoms with van der Waals surface area (Å²) in [6.45, 7) is 4.69. The van der Waals surface area contributed by atoms with Crippen LogP contribution in [0.25, 0.3) is 16.7 Å². The number of hydrogen-bond donors (Lipinski definition) is 0. The van der Waals surface area contributed by atoms with E-state index in [0.29, 0.717) is 49.8 Å². The number of amides is 1. The third-order valence-electron chi connectivity index (χ3n) is 6.57. The highest BCUT2D eigenvalue weighted by Crippen LogP contribution is 2.25. The summed E-state index contributed by atoms with van der Waals surface area (Å²) in [5.41, 5.74) is 2.91. The zero-order valence-corrected chi connectivity index (χ0v) is 19.3. The van der Waals surface area contributed by atoms with Gasteiger partial charge in [-0.2, -0.15) is 14.6 Å². The Balaban J connectivity index is 1.28. The molecule has 0 aliphatic carbocycles. The summed E-state index contributed by atoms with van der Waals surface area (Å²) >= 11 is 0. The van der Waals surface area contributed by atoms with Crippen molar-refractivity contribution in [3.05, 3.63) is 89.8 Å². The van der Waals surface area contributed by atoms with Crippen molar-refractivity contribution in [2.24, 2.45) is 0 Å². The van der Waals surface area contributed by atoms with Crippen LogP contribution in [-0.4, -0.2) is 61.1 Å². The van der Waals surface area contributed by atoms with Crippen LogP contribution in [0.3, 0.4) is 0 Å². The van der Waals surface area contributed by atoms with Gasteiger partial charge in [-0.25, -0.2) is 9.37 Å². The van der Waals surface area contributed by atoms with Gasteiger partial charge in [0, 0.05) is 54.4 Å². The van der Waals surface area contributed by atoms with Crippen molar-refractivity contribution < 1.29 is 9.18 Å². The van der Waals surface area contributed by atoms with Crippen molar-refractivity contribution in [2.45, 2.75) is 13.5 Å².